The molecule has 0 unspecified atom stereocenters. The second kappa shape index (κ2) is 7.27. The molecule has 0 saturated carbocycles. The lowest BCUT2D eigenvalue weighted by Gasteiger charge is -2.28. The summed E-state index contributed by atoms with van der Waals surface area (Å²) in [6.45, 7) is 3.78. The molecule has 0 radical (unpaired) electrons. The van der Waals surface area contributed by atoms with Crippen LogP contribution in [-0.4, -0.2) is 35.8 Å². The number of nitrogens with zero attached hydrogens (tertiary/aromatic N) is 1. The van der Waals surface area contributed by atoms with Crippen LogP contribution in [0.5, 0.6) is 5.75 Å². The fourth-order valence-corrected chi connectivity index (χ4v) is 3.09. The predicted octanol–water partition coefficient (Wildman–Crippen LogP) is 2.55. The smallest absolute Gasteiger partial charge is 0.343 e. The van der Waals surface area contributed by atoms with Crippen LogP contribution in [0.25, 0.3) is 0 Å². The van der Waals surface area contributed by atoms with Gasteiger partial charge in [-0.2, -0.15) is 0 Å². The van der Waals surface area contributed by atoms with E-state index in [1.54, 1.807) is 36.4 Å². The predicted molar refractivity (Wildman–Crippen MR) is 96.4 cm³/mol. The maximum Gasteiger partial charge on any atom is 0.343 e. The first-order chi connectivity index (χ1) is 12.4. The summed E-state index contributed by atoms with van der Waals surface area (Å²) in [5.74, 6) is -0.0345. The molecule has 0 aromatic heterocycles. The monoisotopic (exact) mass is 354 g/mol. The van der Waals surface area contributed by atoms with E-state index in [0.717, 1.165) is 5.56 Å². The molecule has 2 aromatic carbocycles. The van der Waals surface area contributed by atoms with Crippen molar-refractivity contribution < 1.29 is 19.2 Å². The molecule has 1 aliphatic rings. The summed E-state index contributed by atoms with van der Waals surface area (Å²) < 4.78 is 5.36. The molecule has 1 heterocycles. The topological polar surface area (TPSA) is 67.9 Å². The number of carbonyl (C=O) groups is 2. The first kappa shape index (κ1) is 18.1. The number of ether oxygens (including phenoxy) is 1. The standard InChI is InChI=1S/C20H22N2O4/c1-20(2)21-17(18(23)22(20)25-3)13-14-9-11-16(12-10-14)26-19(24)15-7-5-4-6-8-15/h4-12,17,21H,13H2,1-3H3/t17-/m0/s1. The average molecular weight is 354 g/mol. The molecule has 0 aliphatic carbocycles. The van der Waals surface area contributed by atoms with Crippen LogP contribution in [0.1, 0.15) is 29.8 Å². The van der Waals surface area contributed by atoms with Gasteiger partial charge in [0.1, 0.15) is 11.4 Å². The Labute approximate surface area is 152 Å². The van der Waals surface area contributed by atoms with Crippen molar-refractivity contribution in [3.63, 3.8) is 0 Å². The highest BCUT2D eigenvalue weighted by Gasteiger charge is 2.44. The number of carbonyl (C=O) groups excluding carboxylic acids is 2. The number of hydrogen-bond acceptors (Lipinski definition) is 5. The molecule has 0 spiro atoms. The third kappa shape index (κ3) is 3.76. The number of nitrogens with one attached hydrogen (secondary N) is 1. The van der Waals surface area contributed by atoms with Gasteiger partial charge in [-0.05, 0) is 50.1 Å². The van der Waals surface area contributed by atoms with Gasteiger partial charge in [0.25, 0.3) is 5.91 Å². The van der Waals surface area contributed by atoms with Gasteiger partial charge >= 0.3 is 5.97 Å². The molecule has 2 aromatic rings. The summed E-state index contributed by atoms with van der Waals surface area (Å²) in [6, 6.07) is 15.6. The van der Waals surface area contributed by atoms with E-state index in [1.807, 2.05) is 32.0 Å². The van der Waals surface area contributed by atoms with Crippen molar-refractivity contribution in [1.29, 1.82) is 0 Å². The van der Waals surface area contributed by atoms with Crippen LogP contribution < -0.4 is 10.1 Å². The quantitative estimate of drug-likeness (QED) is 0.660. The fraction of sp³-hybridized carbons (Fsp3) is 0.300. The Hall–Kier alpha value is -2.70. The first-order valence-electron chi connectivity index (χ1n) is 8.43. The number of hydroxylamine groups is 2. The summed E-state index contributed by atoms with van der Waals surface area (Å²) >= 11 is 0. The van der Waals surface area contributed by atoms with E-state index in [9.17, 15) is 9.59 Å². The number of rotatable bonds is 5. The maximum absolute atomic E-state index is 12.4. The Morgan fingerprint density at radius 3 is 2.35 bits per heavy atom. The van der Waals surface area contributed by atoms with E-state index >= 15 is 0 Å². The molecule has 1 N–H and O–H groups in total. The van der Waals surface area contributed by atoms with Crippen LogP contribution in [0.4, 0.5) is 0 Å². The first-order valence-corrected chi connectivity index (χ1v) is 8.43. The maximum atomic E-state index is 12.4. The molecule has 136 valence electrons. The van der Waals surface area contributed by atoms with Crippen molar-refractivity contribution in [3.8, 4) is 5.75 Å². The van der Waals surface area contributed by atoms with E-state index in [0.29, 0.717) is 17.7 Å². The van der Waals surface area contributed by atoms with Gasteiger partial charge in [0.15, 0.2) is 0 Å². The van der Waals surface area contributed by atoms with Crippen LogP contribution in [0, 0.1) is 0 Å². The molecule has 6 nitrogen and oxygen atoms in total. The molecule has 1 amide bonds. The number of esters is 1. The van der Waals surface area contributed by atoms with Crippen molar-refractivity contribution in [2.75, 3.05) is 7.11 Å². The normalized spacial score (nSPS) is 18.8. The molecule has 0 bridgehead atoms. The Balaban J connectivity index is 1.63. The lowest BCUT2D eigenvalue weighted by molar-refractivity contribution is -0.192. The highest BCUT2D eigenvalue weighted by atomic mass is 16.7. The van der Waals surface area contributed by atoms with Gasteiger partial charge in [-0.1, -0.05) is 30.3 Å². The van der Waals surface area contributed by atoms with Crippen LogP contribution in [0.2, 0.25) is 0 Å². The Morgan fingerprint density at radius 2 is 1.77 bits per heavy atom. The Kier molecular flexibility index (Phi) is 5.06. The van der Waals surface area contributed by atoms with E-state index in [4.69, 9.17) is 9.57 Å². The largest absolute Gasteiger partial charge is 0.423 e. The van der Waals surface area contributed by atoms with Gasteiger partial charge in [-0.25, -0.2) is 9.86 Å². The molecular weight excluding hydrogens is 332 g/mol. The number of amides is 1. The van der Waals surface area contributed by atoms with Gasteiger partial charge in [0.2, 0.25) is 0 Å². The van der Waals surface area contributed by atoms with Crippen molar-refractivity contribution in [2.45, 2.75) is 32.0 Å². The van der Waals surface area contributed by atoms with E-state index in [2.05, 4.69) is 5.32 Å². The Bertz CT molecular complexity index is 787. The second-order valence-electron chi connectivity index (χ2n) is 6.67. The second-order valence-corrected chi connectivity index (χ2v) is 6.67. The summed E-state index contributed by atoms with van der Waals surface area (Å²) in [5.41, 5.74) is 0.908. The summed E-state index contributed by atoms with van der Waals surface area (Å²) in [4.78, 5) is 29.6. The van der Waals surface area contributed by atoms with E-state index in [1.165, 1.54) is 12.2 Å². The van der Waals surface area contributed by atoms with Crippen LogP contribution in [0.15, 0.2) is 54.6 Å². The van der Waals surface area contributed by atoms with E-state index < -0.39 is 11.6 Å². The fourth-order valence-electron chi connectivity index (χ4n) is 3.09. The molecule has 26 heavy (non-hydrogen) atoms. The minimum Gasteiger partial charge on any atom is -0.423 e. The zero-order chi connectivity index (χ0) is 18.7. The highest BCUT2D eigenvalue weighted by molar-refractivity contribution is 5.91. The number of benzene rings is 2. The zero-order valence-electron chi connectivity index (χ0n) is 15.1. The third-order valence-electron chi connectivity index (χ3n) is 4.30. The van der Waals surface area contributed by atoms with Crippen molar-refractivity contribution in [1.82, 2.24) is 10.4 Å². The van der Waals surface area contributed by atoms with Gasteiger partial charge < -0.3 is 4.74 Å². The summed E-state index contributed by atoms with van der Waals surface area (Å²) in [6.07, 6.45) is 0.523. The van der Waals surface area contributed by atoms with Crippen molar-refractivity contribution >= 4 is 11.9 Å². The molecule has 1 saturated heterocycles. The van der Waals surface area contributed by atoms with Crippen LogP contribution in [0.3, 0.4) is 0 Å². The van der Waals surface area contributed by atoms with Gasteiger partial charge in [0.05, 0.1) is 18.7 Å². The SMILES string of the molecule is CON1C(=O)[C@H](Cc2ccc(OC(=O)c3ccccc3)cc2)NC1(C)C. The minimum atomic E-state index is -0.554. The van der Waals surface area contributed by atoms with Crippen LogP contribution in [-0.2, 0) is 16.1 Å². The lowest BCUT2D eigenvalue weighted by atomic mass is 10.1. The third-order valence-corrected chi connectivity index (χ3v) is 4.30. The van der Waals surface area contributed by atoms with Crippen LogP contribution >= 0.6 is 0 Å². The van der Waals surface area contributed by atoms with Crippen molar-refractivity contribution in [3.05, 3.63) is 65.7 Å². The molecule has 1 atom stereocenters. The number of hydrogen-bond donors (Lipinski definition) is 1. The molecule has 1 aliphatic heterocycles. The highest BCUT2D eigenvalue weighted by Crippen LogP contribution is 2.24. The molecule has 1 fully saturated rings. The average Bonchev–Trinajstić information content (AvgIpc) is 2.85. The summed E-state index contributed by atoms with van der Waals surface area (Å²) in [7, 11) is 1.49. The van der Waals surface area contributed by atoms with E-state index in [-0.39, 0.29) is 11.9 Å². The molecule has 3 rings (SSSR count). The zero-order valence-corrected chi connectivity index (χ0v) is 15.1. The van der Waals surface area contributed by atoms with Gasteiger partial charge in [0, 0.05) is 0 Å². The van der Waals surface area contributed by atoms with Gasteiger partial charge in [-0.3, -0.25) is 14.9 Å². The molecule has 6 heteroatoms. The molecular formula is C20H22N2O4. The van der Waals surface area contributed by atoms with Gasteiger partial charge in [-0.15, -0.1) is 0 Å². The minimum absolute atomic E-state index is 0.0999. The lowest BCUT2D eigenvalue weighted by Crippen LogP contribution is -2.46. The van der Waals surface area contributed by atoms with Crippen molar-refractivity contribution in [2.24, 2.45) is 0 Å². The summed E-state index contributed by atoms with van der Waals surface area (Å²) in [5, 5.41) is 4.62. The Morgan fingerprint density at radius 1 is 1.12 bits per heavy atom.